The number of pyridine rings is 1. The van der Waals surface area contributed by atoms with Crippen LogP contribution >= 0.6 is 0 Å². The number of rotatable bonds is 6. The molecule has 8 heteroatoms. The first-order valence-corrected chi connectivity index (χ1v) is 11.9. The van der Waals surface area contributed by atoms with E-state index in [0.29, 0.717) is 17.9 Å². The zero-order chi connectivity index (χ0) is 23.5. The van der Waals surface area contributed by atoms with Gasteiger partial charge in [-0.25, -0.2) is 4.68 Å². The average molecular weight is 459 g/mol. The minimum atomic E-state index is -0.319. The van der Waals surface area contributed by atoms with Gasteiger partial charge in [-0.15, -0.1) is 5.10 Å². The first kappa shape index (κ1) is 22.3. The Hall–Kier alpha value is -3.52. The summed E-state index contributed by atoms with van der Waals surface area (Å²) < 4.78 is 7.10. The van der Waals surface area contributed by atoms with Crippen molar-refractivity contribution in [3.63, 3.8) is 0 Å². The van der Waals surface area contributed by atoms with Crippen molar-refractivity contribution < 1.29 is 4.74 Å². The normalized spacial score (nSPS) is 15.8. The third-order valence-electron chi connectivity index (χ3n) is 6.62. The van der Waals surface area contributed by atoms with Crippen LogP contribution in [-0.2, 0) is 6.54 Å². The number of ether oxygens (including phenoxy) is 1. The highest BCUT2D eigenvalue weighted by Gasteiger charge is 2.30. The number of benzene rings is 2. The van der Waals surface area contributed by atoms with Crippen LogP contribution in [0.15, 0.2) is 53.3 Å². The fourth-order valence-corrected chi connectivity index (χ4v) is 4.82. The number of H-pyrrole nitrogens is 1. The molecule has 8 nitrogen and oxygen atoms in total. The fourth-order valence-electron chi connectivity index (χ4n) is 4.82. The summed E-state index contributed by atoms with van der Waals surface area (Å²) in [5.41, 5.74) is 3.65. The van der Waals surface area contributed by atoms with Gasteiger partial charge in [0.25, 0.3) is 5.56 Å². The minimum absolute atomic E-state index is 0.0930. The number of fused-ring (bicyclic) bond motifs is 1. The van der Waals surface area contributed by atoms with Gasteiger partial charge in [-0.1, -0.05) is 36.6 Å². The second kappa shape index (κ2) is 9.77. The van der Waals surface area contributed by atoms with Gasteiger partial charge in [-0.2, -0.15) is 0 Å². The standard InChI is InChI=1S/C26H30N6O2/c1-18-7-12-23-20(15-18)16-22(26(33)27-23)24(31-13-5-3-4-6-14-31)25-28-29-30-32(25)17-19-8-10-21(34-2)11-9-19/h7-12,15-16,24H,3-6,13-14,17H2,1-2H3,(H,27,33)/t24-/m0/s1. The van der Waals surface area contributed by atoms with Gasteiger partial charge in [0.05, 0.1) is 13.7 Å². The maximum absolute atomic E-state index is 13.3. The highest BCUT2D eigenvalue weighted by Crippen LogP contribution is 2.29. The molecule has 1 N–H and O–H groups in total. The third kappa shape index (κ3) is 4.59. The Morgan fingerprint density at radius 2 is 1.79 bits per heavy atom. The Morgan fingerprint density at radius 1 is 1.03 bits per heavy atom. The molecule has 176 valence electrons. The van der Waals surface area contributed by atoms with E-state index < -0.39 is 0 Å². The molecule has 1 atom stereocenters. The molecule has 2 aromatic heterocycles. The minimum Gasteiger partial charge on any atom is -0.497 e. The third-order valence-corrected chi connectivity index (χ3v) is 6.62. The van der Waals surface area contributed by atoms with Crippen molar-refractivity contribution in [2.24, 2.45) is 0 Å². The van der Waals surface area contributed by atoms with Gasteiger partial charge < -0.3 is 9.72 Å². The van der Waals surface area contributed by atoms with Crippen molar-refractivity contribution in [1.82, 2.24) is 30.1 Å². The number of hydrogen-bond acceptors (Lipinski definition) is 6. The van der Waals surface area contributed by atoms with E-state index >= 15 is 0 Å². The largest absolute Gasteiger partial charge is 0.497 e. The zero-order valence-corrected chi connectivity index (χ0v) is 19.7. The summed E-state index contributed by atoms with van der Waals surface area (Å²) in [7, 11) is 1.66. The maximum Gasteiger partial charge on any atom is 0.253 e. The van der Waals surface area contributed by atoms with Gasteiger partial charge in [0.2, 0.25) is 0 Å². The number of methoxy groups -OCH3 is 1. The van der Waals surface area contributed by atoms with E-state index in [2.05, 4.69) is 38.4 Å². The molecule has 34 heavy (non-hydrogen) atoms. The molecule has 0 bridgehead atoms. The summed E-state index contributed by atoms with van der Waals surface area (Å²) in [6.45, 7) is 4.39. The summed E-state index contributed by atoms with van der Waals surface area (Å²) in [6, 6.07) is 15.7. The van der Waals surface area contributed by atoms with E-state index in [4.69, 9.17) is 4.74 Å². The molecule has 0 unspecified atom stereocenters. The van der Waals surface area contributed by atoms with Gasteiger partial charge in [0.15, 0.2) is 5.82 Å². The molecule has 1 fully saturated rings. The van der Waals surface area contributed by atoms with Crippen molar-refractivity contribution in [2.75, 3.05) is 20.2 Å². The van der Waals surface area contributed by atoms with Gasteiger partial charge in [0, 0.05) is 11.1 Å². The number of likely N-dealkylation sites (tertiary alicyclic amines) is 1. The van der Waals surface area contributed by atoms with Crippen molar-refractivity contribution in [3.8, 4) is 5.75 Å². The first-order valence-electron chi connectivity index (χ1n) is 11.9. The monoisotopic (exact) mass is 458 g/mol. The Bertz CT molecular complexity index is 1320. The van der Waals surface area contributed by atoms with E-state index in [1.807, 2.05) is 47.1 Å². The molecule has 0 amide bonds. The van der Waals surface area contributed by atoms with E-state index in [0.717, 1.165) is 53.7 Å². The molecule has 1 aliphatic rings. The topological polar surface area (TPSA) is 88.9 Å². The number of nitrogens with zero attached hydrogens (tertiary/aromatic N) is 5. The second-order valence-electron chi connectivity index (χ2n) is 9.04. The number of hydrogen-bond donors (Lipinski definition) is 1. The van der Waals surface area contributed by atoms with E-state index in [1.165, 1.54) is 12.8 Å². The van der Waals surface area contributed by atoms with Crippen LogP contribution in [0.1, 0.15) is 54.2 Å². The van der Waals surface area contributed by atoms with E-state index in [9.17, 15) is 4.79 Å². The summed E-state index contributed by atoms with van der Waals surface area (Å²) >= 11 is 0. The maximum atomic E-state index is 13.3. The molecule has 3 heterocycles. The number of aromatic amines is 1. The number of aromatic nitrogens is 5. The van der Waals surface area contributed by atoms with Crippen LogP contribution in [0, 0.1) is 6.92 Å². The summed E-state index contributed by atoms with van der Waals surface area (Å²) in [5, 5.41) is 13.8. The van der Waals surface area contributed by atoms with Crippen LogP contribution in [0.5, 0.6) is 5.75 Å². The molecule has 0 saturated carbocycles. The molecule has 1 aliphatic heterocycles. The average Bonchev–Trinajstić information content (AvgIpc) is 3.12. The Kier molecular flexibility index (Phi) is 6.40. The predicted octanol–water partition coefficient (Wildman–Crippen LogP) is 3.85. The molecule has 0 spiro atoms. The Balaban J connectivity index is 1.59. The van der Waals surface area contributed by atoms with Crippen LogP contribution < -0.4 is 10.3 Å². The lowest BCUT2D eigenvalue weighted by Crippen LogP contribution is -2.36. The lowest BCUT2D eigenvalue weighted by Gasteiger charge is -2.29. The van der Waals surface area contributed by atoms with Crippen LogP contribution in [0.25, 0.3) is 10.9 Å². The van der Waals surface area contributed by atoms with Gasteiger partial charge >= 0.3 is 0 Å². The number of nitrogens with one attached hydrogen (secondary N) is 1. The predicted molar refractivity (Wildman–Crippen MR) is 131 cm³/mol. The summed E-state index contributed by atoms with van der Waals surface area (Å²) in [5.74, 6) is 1.50. The van der Waals surface area contributed by atoms with Crippen LogP contribution in [-0.4, -0.2) is 50.3 Å². The van der Waals surface area contributed by atoms with Crippen molar-refractivity contribution in [1.29, 1.82) is 0 Å². The molecule has 2 aromatic carbocycles. The van der Waals surface area contributed by atoms with Gasteiger partial charge in [0.1, 0.15) is 11.8 Å². The zero-order valence-electron chi connectivity index (χ0n) is 19.7. The van der Waals surface area contributed by atoms with Gasteiger partial charge in [-0.05, 0) is 84.6 Å². The number of tetrazole rings is 1. The summed E-state index contributed by atoms with van der Waals surface area (Å²) in [6.07, 6.45) is 4.60. The molecular formula is C26H30N6O2. The SMILES string of the molecule is COc1ccc(Cn2nnnc2[C@H](c2cc3cc(C)ccc3[nH]c2=O)N2CCCCCC2)cc1. The molecule has 4 aromatic rings. The first-order chi connectivity index (χ1) is 16.6. The smallest absolute Gasteiger partial charge is 0.253 e. The number of aryl methyl sites for hydroxylation is 1. The molecule has 0 radical (unpaired) electrons. The van der Waals surface area contributed by atoms with E-state index in [1.54, 1.807) is 7.11 Å². The Labute approximate surface area is 198 Å². The van der Waals surface area contributed by atoms with Crippen LogP contribution in [0.2, 0.25) is 0 Å². The van der Waals surface area contributed by atoms with Crippen LogP contribution in [0.3, 0.4) is 0 Å². The Morgan fingerprint density at radius 3 is 2.53 bits per heavy atom. The van der Waals surface area contributed by atoms with Crippen molar-refractivity contribution in [3.05, 3.63) is 81.4 Å². The highest BCUT2D eigenvalue weighted by molar-refractivity contribution is 5.79. The molecule has 0 aliphatic carbocycles. The quantitative estimate of drug-likeness (QED) is 0.472. The fraction of sp³-hybridized carbons (Fsp3) is 0.385. The second-order valence-corrected chi connectivity index (χ2v) is 9.04. The molecular weight excluding hydrogens is 428 g/mol. The van der Waals surface area contributed by atoms with E-state index in [-0.39, 0.29) is 11.6 Å². The highest BCUT2D eigenvalue weighted by atomic mass is 16.5. The van der Waals surface area contributed by atoms with Crippen LogP contribution in [0.4, 0.5) is 0 Å². The van der Waals surface area contributed by atoms with Gasteiger partial charge in [-0.3, -0.25) is 9.69 Å². The molecule has 5 rings (SSSR count). The lowest BCUT2D eigenvalue weighted by atomic mass is 10.0. The summed E-state index contributed by atoms with van der Waals surface area (Å²) in [4.78, 5) is 18.8. The van der Waals surface area contributed by atoms with Crippen molar-refractivity contribution >= 4 is 10.9 Å². The lowest BCUT2D eigenvalue weighted by molar-refractivity contribution is 0.220. The molecule has 1 saturated heterocycles. The van der Waals surface area contributed by atoms with Crippen molar-refractivity contribution in [2.45, 2.75) is 45.2 Å².